The zero-order valence-electron chi connectivity index (χ0n) is 76.9. The van der Waals surface area contributed by atoms with Crippen LogP contribution in [0.5, 0.6) is 46.4 Å². The second-order valence-corrected chi connectivity index (χ2v) is 39.2. The van der Waals surface area contributed by atoms with Crippen LogP contribution < -0.4 is 77.9 Å². The van der Waals surface area contributed by atoms with Gasteiger partial charge in [0.2, 0.25) is 37.8 Å². The van der Waals surface area contributed by atoms with Crippen LogP contribution in [-0.4, -0.2) is 55.0 Å². The summed E-state index contributed by atoms with van der Waals surface area (Å²) >= 11 is 0. The number of fused-ring (bicyclic) bond motifs is 12. The fraction of sp³-hybridized carbons (Fsp3) is 0.174. The average Bonchev–Trinajstić information content (AvgIpc) is 0.686. The first-order valence-corrected chi connectivity index (χ1v) is 44.7. The molecule has 6 aliphatic rings. The van der Waals surface area contributed by atoms with Crippen LogP contribution in [0.15, 0.2) is 279 Å². The van der Waals surface area contributed by atoms with Crippen LogP contribution in [0.1, 0.15) is 132 Å². The van der Waals surface area contributed by atoms with Crippen LogP contribution >= 0.6 is 0 Å². The molecule has 0 radical (unpaired) electrons. The Kier molecular flexibility index (Phi) is 24.7. The number of rotatable bonds is 8. The van der Waals surface area contributed by atoms with Crippen molar-refractivity contribution in [2.75, 3.05) is 9.80 Å². The number of pyridine rings is 3. The number of hydrogen-bond donors (Lipinski definition) is 0. The van der Waals surface area contributed by atoms with E-state index in [0.29, 0.717) is 35.0 Å². The third kappa shape index (κ3) is 17.3. The first kappa shape index (κ1) is 91.9. The van der Waals surface area contributed by atoms with E-state index in [0.717, 1.165) is 174 Å². The van der Waals surface area contributed by atoms with Crippen LogP contribution in [0.25, 0.3) is 67.2 Å². The van der Waals surface area contributed by atoms with Crippen LogP contribution in [0.3, 0.4) is 0 Å². The molecule has 13 nitrogen and oxygen atoms in total. The van der Waals surface area contributed by atoms with Crippen molar-refractivity contribution >= 4 is 104 Å². The molecular formula is C115H91Au3B3N9O4. The predicted molar refractivity (Wildman–Crippen MR) is 529 cm³/mol. The molecule has 0 atom stereocenters. The molecule has 0 aliphatic carbocycles. The van der Waals surface area contributed by atoms with Gasteiger partial charge in [0.25, 0.3) is 0 Å². The number of benzene rings is 12. The molecule has 23 rings (SSSR count). The van der Waals surface area contributed by atoms with Gasteiger partial charge in [0, 0.05) is 80.4 Å². The van der Waals surface area contributed by atoms with Gasteiger partial charge < -0.3 is 43.7 Å². The summed E-state index contributed by atoms with van der Waals surface area (Å²) in [7, 11) is 0. The summed E-state index contributed by atoms with van der Waals surface area (Å²) in [5.41, 5.74) is 28.4. The van der Waals surface area contributed by atoms with Gasteiger partial charge in [0.05, 0.1) is 0 Å². The maximum Gasteiger partial charge on any atom is 3.00 e. The molecule has 11 heterocycles. The first-order chi connectivity index (χ1) is 63.1. The number of nitrogens with zero attached hydrogens (tertiary/aromatic N) is 9. The summed E-state index contributed by atoms with van der Waals surface area (Å²) < 4.78 is 26.2. The third-order valence-electron chi connectivity index (χ3n) is 24.9. The maximum atomic E-state index is 6.69. The molecular weight excluding hydrogens is 2190 g/mol. The number of para-hydroxylation sites is 2. The van der Waals surface area contributed by atoms with Crippen LogP contribution in [0, 0.1) is 54.6 Å². The predicted octanol–water partition coefficient (Wildman–Crippen LogP) is 21.0. The molecule has 0 bridgehead atoms. The van der Waals surface area contributed by atoms with Gasteiger partial charge in [-0.15, -0.1) is 140 Å². The molecule has 19 heteroatoms. The van der Waals surface area contributed by atoms with Gasteiger partial charge in [-0.1, -0.05) is 165 Å². The second kappa shape index (κ2) is 36.0. The molecule has 0 N–H and O–H groups in total. The standard InChI is InChI=1S/C41H34BN4O.C39H28BN2O.C35H29BN3O2.3Au/c1-40(2,3)29-21-22-43-33(25-29)28-18-20-35-32(24-28)42-31-23-27(26-13-9-7-10-14-26)17-19-34(31)46(30-15-11-8-12-16-30)37-36(42)38(47-35)45-39(44-37)41(4,5)6;1-39(2,3)29-21-22-41-33(25-29)28-17-19-34-31(24-28)40-32-23-27(26-11-6-4-7-12-26)18-20-36(32)43-37-16-10-15-35(38(37)40)42(34)30-13-8-5-9-14-30;1-34(2,3)24-16-17-37-27(20-24)23-13-15-29-26(19-23)36-25-18-22(21-10-8-7-9-11-21)12-14-28(25)40-31-30(36)32(41-29)39-33(38-31)35(4,5)6;;;/h7-13,15-22,25H,1-6H3;4-11,13-22,25H,1-3H3;7-10,12-17,20H,1-6H3;;;/q3*-3;3*+3. The SMILES string of the molecule is CC(C)(C)c1ccnc(-c2[c-]c3c(cc2)N(c2ccccc2)c2cccc4c2B3c2[c-]c(-c3[c-]cccc3)ccc2O4)c1.CC(C)(C)c1ccnc(-c2[c-]c3c(cc2)Oc2nc(C(C)(C)C)nc4c2B3c2[c-]c(-c3[c-]cccc3)ccc2N4c2ccccc2)c1.CC(C)(C)c1ccnc(-c2[c-]c3c(cc2)Oc2nc(C(C)(C)C)nc4c2B3c2[c-]c(-c3[c-]cccc3)ccc2O4)c1.[Au+3].[Au+3].[Au+3]. The molecule has 0 fully saturated rings. The van der Waals surface area contributed by atoms with Crippen molar-refractivity contribution in [2.24, 2.45) is 0 Å². The van der Waals surface area contributed by atoms with Gasteiger partial charge in [-0.2, -0.15) is 124 Å². The summed E-state index contributed by atoms with van der Waals surface area (Å²) in [5, 5.41) is 0. The quantitative estimate of drug-likeness (QED) is 0.106. The number of hydrogen-bond acceptors (Lipinski definition) is 13. The summed E-state index contributed by atoms with van der Waals surface area (Å²) in [5.74, 6) is 7.64. The molecule has 0 saturated carbocycles. The van der Waals surface area contributed by atoms with Crippen molar-refractivity contribution < 1.29 is 86.1 Å². The van der Waals surface area contributed by atoms with E-state index in [1.165, 1.54) is 16.7 Å². The average molecular weight is 2290 g/mol. The van der Waals surface area contributed by atoms with Crippen molar-refractivity contribution in [2.45, 2.75) is 131 Å². The Bertz CT molecular complexity index is 7350. The molecule has 662 valence electrons. The molecule has 134 heavy (non-hydrogen) atoms. The van der Waals surface area contributed by atoms with Gasteiger partial charge >= 0.3 is 67.1 Å². The summed E-state index contributed by atoms with van der Waals surface area (Å²) in [4.78, 5) is 39.0. The molecule has 17 aromatic rings. The van der Waals surface area contributed by atoms with Crippen LogP contribution in [0.2, 0.25) is 0 Å². The summed E-state index contributed by atoms with van der Waals surface area (Å²) in [6.07, 6.45) is 5.67. The largest absolute Gasteiger partial charge is 3.00 e. The molecule has 0 amide bonds. The first-order valence-electron chi connectivity index (χ1n) is 44.7. The number of anilines is 6. The molecule has 0 spiro atoms. The van der Waals surface area contributed by atoms with Crippen molar-refractivity contribution in [3.63, 3.8) is 0 Å². The van der Waals surface area contributed by atoms with Crippen molar-refractivity contribution in [1.29, 1.82) is 0 Å². The number of aromatic nitrogens is 7. The van der Waals surface area contributed by atoms with E-state index in [4.69, 9.17) is 53.8 Å². The zero-order chi connectivity index (χ0) is 90.1. The third-order valence-corrected chi connectivity index (χ3v) is 24.9. The van der Waals surface area contributed by atoms with Gasteiger partial charge in [-0.3, -0.25) is 0 Å². The van der Waals surface area contributed by atoms with E-state index >= 15 is 0 Å². The Balaban J connectivity index is 0.000000133. The topological polar surface area (TPSA) is 134 Å². The Morgan fingerprint density at radius 1 is 0.261 bits per heavy atom. The van der Waals surface area contributed by atoms with E-state index < -0.39 is 0 Å². The molecule has 12 aromatic carbocycles. The van der Waals surface area contributed by atoms with Gasteiger partial charge in [-0.05, 0) is 121 Å². The van der Waals surface area contributed by atoms with Crippen molar-refractivity contribution in [1.82, 2.24) is 34.9 Å². The zero-order valence-corrected chi connectivity index (χ0v) is 83.4. The normalized spacial score (nSPS) is 13.0. The maximum absolute atomic E-state index is 6.69. The van der Waals surface area contributed by atoms with E-state index in [1.54, 1.807) is 0 Å². The monoisotopic (exact) mass is 2290 g/mol. The summed E-state index contributed by atoms with van der Waals surface area (Å²) in [6, 6.07) is 122. The minimum absolute atomic E-state index is 0. The molecule has 0 unspecified atom stereocenters. The van der Waals surface area contributed by atoms with Crippen molar-refractivity contribution in [3.05, 3.63) is 362 Å². The fourth-order valence-electron chi connectivity index (χ4n) is 18.0. The molecule has 0 saturated heterocycles. The van der Waals surface area contributed by atoms with Gasteiger partial charge in [0.1, 0.15) is 23.2 Å². The van der Waals surface area contributed by atoms with E-state index in [9.17, 15) is 0 Å². The summed E-state index contributed by atoms with van der Waals surface area (Å²) in [6.45, 7) is 32.0. The van der Waals surface area contributed by atoms with Gasteiger partial charge in [0.15, 0.2) is 0 Å². The second-order valence-electron chi connectivity index (χ2n) is 39.2. The Morgan fingerprint density at radius 2 is 0.597 bits per heavy atom. The minimum atomic E-state index is -0.299. The fourth-order valence-corrected chi connectivity index (χ4v) is 18.0. The Hall–Kier alpha value is -12.5. The smallest absolute Gasteiger partial charge is 0.503 e. The van der Waals surface area contributed by atoms with E-state index in [2.05, 4.69) is 326 Å². The molecule has 5 aromatic heterocycles. The minimum Gasteiger partial charge on any atom is -0.503 e. The van der Waals surface area contributed by atoms with Crippen LogP contribution in [-0.2, 0) is 94.2 Å². The molecule has 6 aliphatic heterocycles. The van der Waals surface area contributed by atoms with Gasteiger partial charge in [-0.25, -0.2) is 38.4 Å². The Morgan fingerprint density at radius 3 is 1.01 bits per heavy atom. The van der Waals surface area contributed by atoms with E-state index in [-0.39, 0.29) is 114 Å². The number of ether oxygens (including phenoxy) is 4. The Labute approximate surface area is 834 Å². The van der Waals surface area contributed by atoms with Crippen LogP contribution in [0.4, 0.5) is 34.3 Å². The van der Waals surface area contributed by atoms with Crippen molar-refractivity contribution in [3.8, 4) is 114 Å². The van der Waals surface area contributed by atoms with E-state index in [1.807, 2.05) is 122 Å².